The van der Waals surface area contributed by atoms with E-state index in [0.717, 1.165) is 24.1 Å². The fraction of sp³-hybridized carbons (Fsp3) is 0.368. The quantitative estimate of drug-likeness (QED) is 0.636. The first-order valence-corrected chi connectivity index (χ1v) is 9.83. The van der Waals surface area contributed by atoms with Gasteiger partial charge < -0.3 is 15.4 Å². The number of carboxylic acids is 1. The molecule has 0 radical (unpaired) electrons. The molecule has 1 amide bonds. The summed E-state index contributed by atoms with van der Waals surface area (Å²) in [4.78, 5) is 36.8. The van der Waals surface area contributed by atoms with Gasteiger partial charge in [-0.1, -0.05) is 19.8 Å². The predicted molar refractivity (Wildman–Crippen MR) is 103 cm³/mol. The molecule has 0 spiro atoms. The first-order chi connectivity index (χ1) is 13.0. The van der Waals surface area contributed by atoms with E-state index in [9.17, 15) is 14.7 Å². The Kier molecular flexibility index (Phi) is 4.65. The molecule has 0 aliphatic heterocycles. The molecule has 4 rings (SSSR count). The molecule has 3 N–H and O–H groups in total. The smallest absolute Gasteiger partial charge is 0.339 e. The van der Waals surface area contributed by atoms with E-state index in [2.05, 4.69) is 27.2 Å². The van der Waals surface area contributed by atoms with Crippen LogP contribution in [0, 0.1) is 5.92 Å². The van der Waals surface area contributed by atoms with Crippen molar-refractivity contribution in [1.82, 2.24) is 20.3 Å². The number of aromatic carboxylic acids is 1. The summed E-state index contributed by atoms with van der Waals surface area (Å²) in [6, 6.07) is 3.84. The number of thiophene rings is 1. The van der Waals surface area contributed by atoms with Crippen LogP contribution in [-0.4, -0.2) is 38.0 Å². The molecule has 3 heterocycles. The van der Waals surface area contributed by atoms with Crippen LogP contribution in [0.4, 0.5) is 0 Å². The van der Waals surface area contributed by atoms with Gasteiger partial charge in [-0.15, -0.1) is 11.3 Å². The molecule has 0 bridgehead atoms. The molecule has 1 aliphatic rings. The Morgan fingerprint density at radius 3 is 2.89 bits per heavy atom. The van der Waals surface area contributed by atoms with Crippen molar-refractivity contribution < 1.29 is 14.7 Å². The number of aromatic nitrogens is 3. The lowest BCUT2D eigenvalue weighted by molar-refractivity contribution is 0.0698. The Morgan fingerprint density at radius 1 is 1.30 bits per heavy atom. The van der Waals surface area contributed by atoms with Crippen LogP contribution in [0.15, 0.2) is 24.5 Å². The van der Waals surface area contributed by atoms with E-state index >= 15 is 0 Å². The molecule has 27 heavy (non-hydrogen) atoms. The first kappa shape index (κ1) is 17.7. The lowest BCUT2D eigenvalue weighted by Gasteiger charge is -2.29. The Labute approximate surface area is 159 Å². The van der Waals surface area contributed by atoms with Crippen LogP contribution in [0.5, 0.6) is 0 Å². The van der Waals surface area contributed by atoms with Crippen molar-refractivity contribution in [2.75, 3.05) is 0 Å². The SMILES string of the molecule is CC1CCCCC1NC(=O)c1ccc(-c2cnc3[nH]cc(C(=O)O)c3n2)s1. The summed E-state index contributed by atoms with van der Waals surface area (Å²) >= 11 is 1.34. The van der Waals surface area contributed by atoms with Crippen molar-refractivity contribution >= 4 is 34.4 Å². The van der Waals surface area contributed by atoms with Crippen LogP contribution in [-0.2, 0) is 0 Å². The summed E-state index contributed by atoms with van der Waals surface area (Å²) < 4.78 is 0. The predicted octanol–water partition coefficient (Wildman–Crippen LogP) is 3.69. The highest BCUT2D eigenvalue weighted by atomic mass is 32.1. The zero-order valence-electron chi connectivity index (χ0n) is 14.9. The van der Waals surface area contributed by atoms with Gasteiger partial charge in [0.15, 0.2) is 5.65 Å². The summed E-state index contributed by atoms with van der Waals surface area (Å²) in [7, 11) is 0. The van der Waals surface area contributed by atoms with Crippen molar-refractivity contribution in [2.45, 2.75) is 38.6 Å². The standard InChI is InChI=1S/C19H20N4O3S/c1-10-4-2-3-5-12(10)23-18(24)15-7-6-14(27-15)13-9-21-17-16(22-13)11(8-20-17)19(25)26/h6-10,12H,2-5H2,1H3,(H,20,21)(H,23,24)(H,25,26). The molecule has 0 aromatic carbocycles. The largest absolute Gasteiger partial charge is 0.478 e. The number of rotatable bonds is 4. The maximum Gasteiger partial charge on any atom is 0.339 e. The summed E-state index contributed by atoms with van der Waals surface area (Å²) in [6.45, 7) is 2.19. The van der Waals surface area contributed by atoms with E-state index in [-0.39, 0.29) is 17.5 Å². The normalized spacial score (nSPS) is 19.9. The van der Waals surface area contributed by atoms with Gasteiger partial charge in [0, 0.05) is 12.2 Å². The van der Waals surface area contributed by atoms with E-state index < -0.39 is 5.97 Å². The third-order valence-electron chi connectivity index (χ3n) is 5.12. The van der Waals surface area contributed by atoms with Gasteiger partial charge in [0.05, 0.1) is 21.6 Å². The third kappa shape index (κ3) is 3.44. The van der Waals surface area contributed by atoms with E-state index in [0.29, 0.717) is 27.7 Å². The highest BCUT2D eigenvalue weighted by Gasteiger charge is 2.24. The van der Waals surface area contributed by atoms with Crippen LogP contribution < -0.4 is 5.32 Å². The molecule has 0 saturated heterocycles. The van der Waals surface area contributed by atoms with Gasteiger partial charge in [0.25, 0.3) is 5.91 Å². The number of nitrogens with one attached hydrogen (secondary N) is 2. The topological polar surface area (TPSA) is 108 Å². The van der Waals surface area contributed by atoms with Crippen LogP contribution >= 0.6 is 11.3 Å². The third-order valence-corrected chi connectivity index (χ3v) is 6.23. The fourth-order valence-corrected chi connectivity index (χ4v) is 4.40. The lowest BCUT2D eigenvalue weighted by Crippen LogP contribution is -2.40. The molecule has 8 heteroatoms. The summed E-state index contributed by atoms with van der Waals surface area (Å²) in [5.74, 6) is -0.620. The maximum absolute atomic E-state index is 12.6. The maximum atomic E-state index is 12.6. The van der Waals surface area contributed by atoms with Crippen LogP contribution in [0.1, 0.15) is 52.6 Å². The molecule has 2 unspecified atom stereocenters. The van der Waals surface area contributed by atoms with Crippen LogP contribution in [0.2, 0.25) is 0 Å². The van der Waals surface area contributed by atoms with Crippen LogP contribution in [0.25, 0.3) is 21.7 Å². The van der Waals surface area contributed by atoms with Crippen molar-refractivity contribution in [1.29, 1.82) is 0 Å². The molecule has 3 aromatic rings. The Balaban J connectivity index is 1.57. The van der Waals surface area contributed by atoms with Gasteiger partial charge in [-0.05, 0) is 30.9 Å². The monoisotopic (exact) mass is 384 g/mol. The second-order valence-corrected chi connectivity index (χ2v) is 8.05. The molecule has 7 nitrogen and oxygen atoms in total. The van der Waals surface area contributed by atoms with Gasteiger partial charge >= 0.3 is 5.97 Å². The van der Waals surface area contributed by atoms with Gasteiger partial charge in [-0.2, -0.15) is 0 Å². The molecular formula is C19H20N4O3S. The molecule has 1 fully saturated rings. The first-order valence-electron chi connectivity index (χ1n) is 9.01. The zero-order valence-corrected chi connectivity index (χ0v) is 15.7. The van der Waals surface area contributed by atoms with Crippen molar-refractivity contribution in [3.8, 4) is 10.6 Å². The average molecular weight is 384 g/mol. The Bertz CT molecular complexity index is 1010. The molecule has 1 aliphatic carbocycles. The number of hydrogen-bond donors (Lipinski definition) is 3. The van der Waals surface area contributed by atoms with Gasteiger partial charge in [0.2, 0.25) is 0 Å². The zero-order chi connectivity index (χ0) is 19.0. The number of H-pyrrole nitrogens is 1. The number of carbonyl (C=O) groups excluding carboxylic acids is 1. The van der Waals surface area contributed by atoms with E-state index in [4.69, 9.17) is 0 Å². The molecule has 140 valence electrons. The number of amides is 1. The minimum absolute atomic E-state index is 0.0630. The summed E-state index contributed by atoms with van der Waals surface area (Å²) in [6.07, 6.45) is 7.53. The van der Waals surface area contributed by atoms with Gasteiger partial charge in [0.1, 0.15) is 11.1 Å². The van der Waals surface area contributed by atoms with Crippen molar-refractivity contribution in [3.63, 3.8) is 0 Å². The number of hydrogen-bond acceptors (Lipinski definition) is 5. The van der Waals surface area contributed by atoms with Crippen molar-refractivity contribution in [3.05, 3.63) is 35.0 Å². The summed E-state index contributed by atoms with van der Waals surface area (Å²) in [5, 5.41) is 12.4. The minimum atomic E-state index is -1.06. The molecular weight excluding hydrogens is 364 g/mol. The lowest BCUT2D eigenvalue weighted by atomic mass is 9.86. The van der Waals surface area contributed by atoms with E-state index in [1.54, 1.807) is 12.3 Å². The second-order valence-electron chi connectivity index (χ2n) is 6.97. The highest BCUT2D eigenvalue weighted by molar-refractivity contribution is 7.17. The fourth-order valence-electron chi connectivity index (χ4n) is 3.54. The number of nitrogens with zero attached hydrogens (tertiary/aromatic N) is 2. The number of carbonyl (C=O) groups is 2. The molecule has 2 atom stereocenters. The van der Waals surface area contributed by atoms with E-state index in [1.807, 2.05) is 6.07 Å². The van der Waals surface area contributed by atoms with Gasteiger partial charge in [-0.25, -0.2) is 14.8 Å². The Hall–Kier alpha value is -2.74. The van der Waals surface area contributed by atoms with E-state index in [1.165, 1.54) is 24.0 Å². The van der Waals surface area contributed by atoms with Crippen LogP contribution in [0.3, 0.4) is 0 Å². The average Bonchev–Trinajstić information content (AvgIpc) is 3.30. The minimum Gasteiger partial charge on any atom is -0.478 e. The number of carboxylic acid groups (broad SMARTS) is 1. The number of fused-ring (bicyclic) bond motifs is 1. The molecule has 1 saturated carbocycles. The van der Waals surface area contributed by atoms with Gasteiger partial charge in [-0.3, -0.25) is 4.79 Å². The van der Waals surface area contributed by atoms with Crippen molar-refractivity contribution in [2.24, 2.45) is 5.92 Å². The molecule has 3 aromatic heterocycles. The number of aromatic amines is 1. The highest BCUT2D eigenvalue weighted by Crippen LogP contribution is 2.29. The summed E-state index contributed by atoms with van der Waals surface area (Å²) in [5.41, 5.74) is 1.38. The Morgan fingerprint density at radius 2 is 2.11 bits per heavy atom. The second kappa shape index (κ2) is 7.11.